The summed E-state index contributed by atoms with van der Waals surface area (Å²) >= 11 is 0. The van der Waals surface area contributed by atoms with Crippen LogP contribution in [0, 0.1) is 11.8 Å². The number of hydrogen-bond donors (Lipinski definition) is 4. The SMILES string of the molecule is C/C1=C\[C@@H](C)[C@@H](C)OC(=O)CC(c2ccc(O)cc2)NC(=O)[C@@H](Cc2c[nH]c3ccccc23)N(C)C(=O)[C@H](C)NC(=O)[C@@H](C)C1. The second-order valence-corrected chi connectivity index (χ2v) is 12.3. The number of cyclic esters (lactones) is 1. The van der Waals surface area contributed by atoms with Crippen molar-refractivity contribution >= 4 is 34.6 Å². The number of carbonyl (C=O) groups is 4. The molecule has 10 heteroatoms. The summed E-state index contributed by atoms with van der Waals surface area (Å²) in [7, 11) is 1.55. The highest BCUT2D eigenvalue weighted by Gasteiger charge is 2.34. The predicted molar refractivity (Wildman–Crippen MR) is 172 cm³/mol. The van der Waals surface area contributed by atoms with Crippen LogP contribution >= 0.6 is 0 Å². The molecule has 0 bridgehead atoms. The minimum Gasteiger partial charge on any atom is -0.508 e. The Balaban J connectivity index is 1.73. The number of esters is 1. The van der Waals surface area contributed by atoms with Crippen LogP contribution in [0.5, 0.6) is 5.75 Å². The fourth-order valence-corrected chi connectivity index (χ4v) is 5.77. The van der Waals surface area contributed by atoms with Crippen LogP contribution in [0.3, 0.4) is 0 Å². The number of aromatic nitrogens is 1. The monoisotopic (exact) mass is 616 g/mol. The van der Waals surface area contributed by atoms with Crippen molar-refractivity contribution in [1.82, 2.24) is 20.5 Å². The first kappa shape index (κ1) is 33.3. The second-order valence-electron chi connectivity index (χ2n) is 12.3. The zero-order valence-corrected chi connectivity index (χ0v) is 26.8. The summed E-state index contributed by atoms with van der Waals surface area (Å²) in [6.45, 7) is 9.10. The third-order valence-electron chi connectivity index (χ3n) is 8.60. The molecule has 0 saturated heterocycles. The van der Waals surface area contributed by atoms with E-state index in [4.69, 9.17) is 4.74 Å². The number of nitrogens with zero attached hydrogens (tertiary/aromatic N) is 1. The Morgan fingerprint density at radius 2 is 1.60 bits per heavy atom. The standard InChI is InChI=1S/C35H44N4O6/c1-20-15-21(2)24(5)45-32(41)18-30(25-11-13-27(40)14-12-25)38-34(43)31(17-26-19-36-29-10-8-7-9-28(26)29)39(6)35(44)23(4)37-33(42)22(3)16-20/h7-15,19,21-24,30-31,36,40H,16-18H2,1-6H3,(H,37,42)(H,38,43)/b20-15+/t21-,22+,23+,24-,30?,31-/m1/s1. The number of hydrogen-bond acceptors (Lipinski definition) is 6. The zero-order valence-electron chi connectivity index (χ0n) is 26.8. The Hall–Kier alpha value is -4.60. The second kappa shape index (κ2) is 14.5. The molecule has 2 aromatic carbocycles. The van der Waals surface area contributed by atoms with Gasteiger partial charge >= 0.3 is 5.97 Å². The van der Waals surface area contributed by atoms with Crippen LogP contribution in [-0.4, -0.2) is 63.9 Å². The largest absolute Gasteiger partial charge is 0.508 e. The molecule has 0 aliphatic carbocycles. The van der Waals surface area contributed by atoms with Gasteiger partial charge in [-0.2, -0.15) is 0 Å². The number of rotatable bonds is 3. The van der Waals surface area contributed by atoms with Gasteiger partial charge in [-0.15, -0.1) is 0 Å². The van der Waals surface area contributed by atoms with Crippen LogP contribution in [0.25, 0.3) is 10.9 Å². The molecular formula is C35H44N4O6. The smallest absolute Gasteiger partial charge is 0.308 e. The first-order chi connectivity index (χ1) is 21.3. The van der Waals surface area contributed by atoms with Gasteiger partial charge in [0, 0.05) is 42.4 Å². The van der Waals surface area contributed by atoms with Gasteiger partial charge in [0.05, 0.1) is 12.5 Å². The Kier molecular flexibility index (Phi) is 10.7. The molecule has 3 aromatic rings. The van der Waals surface area contributed by atoms with Gasteiger partial charge in [-0.1, -0.05) is 55.8 Å². The Bertz CT molecular complexity index is 1560. The van der Waals surface area contributed by atoms with Crippen molar-refractivity contribution in [1.29, 1.82) is 0 Å². The first-order valence-corrected chi connectivity index (χ1v) is 15.4. The lowest BCUT2D eigenvalue weighted by atomic mass is 9.96. The fourth-order valence-electron chi connectivity index (χ4n) is 5.77. The molecule has 1 aromatic heterocycles. The molecule has 2 heterocycles. The van der Waals surface area contributed by atoms with E-state index in [9.17, 15) is 24.3 Å². The molecule has 0 fully saturated rings. The van der Waals surface area contributed by atoms with Gasteiger partial charge in [-0.3, -0.25) is 19.2 Å². The van der Waals surface area contributed by atoms with Crippen LogP contribution < -0.4 is 10.6 Å². The van der Waals surface area contributed by atoms with E-state index in [0.29, 0.717) is 12.0 Å². The van der Waals surface area contributed by atoms with Crippen LogP contribution in [0.4, 0.5) is 0 Å². The third kappa shape index (κ3) is 8.32. The average molecular weight is 617 g/mol. The molecule has 1 aliphatic heterocycles. The number of phenolic OH excluding ortho intramolecular Hbond substituents is 1. The van der Waals surface area contributed by atoms with Crippen LogP contribution in [0.1, 0.15) is 64.6 Å². The molecule has 0 radical (unpaired) electrons. The van der Waals surface area contributed by atoms with Crippen molar-refractivity contribution in [3.63, 3.8) is 0 Å². The number of phenols is 1. The molecule has 4 rings (SSSR count). The summed E-state index contributed by atoms with van der Waals surface area (Å²) < 4.78 is 5.80. The maximum Gasteiger partial charge on any atom is 0.308 e. The molecule has 3 amide bonds. The molecule has 6 atom stereocenters. The molecule has 1 aliphatic rings. The number of aromatic amines is 1. The summed E-state index contributed by atoms with van der Waals surface area (Å²) in [5.74, 6) is -2.15. The average Bonchev–Trinajstić information content (AvgIpc) is 3.41. The molecular weight excluding hydrogens is 572 g/mol. The highest BCUT2D eigenvalue weighted by atomic mass is 16.5. The third-order valence-corrected chi connectivity index (χ3v) is 8.60. The van der Waals surface area contributed by atoms with E-state index < -0.39 is 47.9 Å². The molecule has 0 spiro atoms. The highest BCUT2D eigenvalue weighted by Crippen LogP contribution is 2.25. The van der Waals surface area contributed by atoms with Gasteiger partial charge in [0.1, 0.15) is 23.9 Å². The van der Waals surface area contributed by atoms with Crippen molar-refractivity contribution in [2.75, 3.05) is 7.05 Å². The normalized spacial score (nSPS) is 27.5. The quantitative estimate of drug-likeness (QED) is 0.251. The minimum absolute atomic E-state index is 0.0466. The lowest BCUT2D eigenvalue weighted by Crippen LogP contribution is -2.55. The number of aromatic hydroxyl groups is 1. The minimum atomic E-state index is -0.980. The van der Waals surface area contributed by atoms with Crippen molar-refractivity contribution in [2.24, 2.45) is 11.8 Å². The summed E-state index contributed by atoms with van der Waals surface area (Å²) in [6.07, 6.45) is 3.86. The molecule has 4 N–H and O–H groups in total. The van der Waals surface area contributed by atoms with Gasteiger partial charge in [0.2, 0.25) is 17.7 Å². The summed E-state index contributed by atoms with van der Waals surface area (Å²) in [5.41, 5.74) is 3.30. The van der Waals surface area contributed by atoms with Crippen LogP contribution in [0.15, 0.2) is 66.4 Å². The van der Waals surface area contributed by atoms with Crippen molar-refractivity contribution < 1.29 is 29.0 Å². The Morgan fingerprint density at radius 1 is 0.911 bits per heavy atom. The van der Waals surface area contributed by atoms with E-state index in [1.165, 1.54) is 17.0 Å². The van der Waals surface area contributed by atoms with E-state index in [1.807, 2.05) is 57.3 Å². The number of H-pyrrole nitrogens is 1. The zero-order chi connectivity index (χ0) is 32.8. The number of benzene rings is 2. The van der Waals surface area contributed by atoms with Gasteiger partial charge in [0.15, 0.2) is 0 Å². The molecule has 10 nitrogen and oxygen atoms in total. The molecule has 1 unspecified atom stereocenters. The predicted octanol–water partition coefficient (Wildman–Crippen LogP) is 4.55. The van der Waals surface area contributed by atoms with E-state index >= 15 is 0 Å². The number of carbonyl (C=O) groups excluding carboxylic acids is 4. The van der Waals surface area contributed by atoms with E-state index in [2.05, 4.69) is 15.6 Å². The van der Waals surface area contributed by atoms with Crippen molar-refractivity contribution in [3.8, 4) is 5.75 Å². The maximum atomic E-state index is 14.1. The highest BCUT2D eigenvalue weighted by molar-refractivity contribution is 5.93. The number of nitrogens with one attached hydrogen (secondary N) is 3. The van der Waals surface area contributed by atoms with E-state index in [-0.39, 0.29) is 30.4 Å². The molecule has 45 heavy (non-hydrogen) atoms. The van der Waals surface area contributed by atoms with Crippen molar-refractivity contribution in [2.45, 2.75) is 78.1 Å². The number of likely N-dealkylation sites (N-methyl/N-ethyl adjacent to an activating group) is 1. The lowest BCUT2D eigenvalue weighted by Gasteiger charge is -2.32. The summed E-state index contributed by atoms with van der Waals surface area (Å²) in [4.78, 5) is 58.8. The van der Waals surface area contributed by atoms with Gasteiger partial charge < -0.3 is 30.4 Å². The van der Waals surface area contributed by atoms with Gasteiger partial charge in [0.25, 0.3) is 0 Å². The van der Waals surface area contributed by atoms with Crippen LogP contribution in [0.2, 0.25) is 0 Å². The summed E-state index contributed by atoms with van der Waals surface area (Å²) in [5, 5.41) is 16.6. The number of allylic oxidation sites excluding steroid dienone is 1. The first-order valence-electron chi connectivity index (χ1n) is 15.4. The summed E-state index contributed by atoms with van der Waals surface area (Å²) in [6, 6.07) is 11.3. The Labute approximate surface area is 264 Å². The fraction of sp³-hybridized carbons (Fsp3) is 0.429. The Morgan fingerprint density at radius 3 is 2.31 bits per heavy atom. The maximum absolute atomic E-state index is 14.1. The lowest BCUT2D eigenvalue weighted by molar-refractivity contribution is -0.150. The van der Waals surface area contributed by atoms with E-state index in [0.717, 1.165) is 22.0 Å². The van der Waals surface area contributed by atoms with Crippen LogP contribution in [-0.2, 0) is 30.3 Å². The number of para-hydroxylation sites is 1. The van der Waals surface area contributed by atoms with E-state index in [1.54, 1.807) is 33.0 Å². The topological polar surface area (TPSA) is 141 Å². The number of amides is 3. The number of ether oxygens (including phenoxy) is 1. The van der Waals surface area contributed by atoms with Gasteiger partial charge in [-0.05, 0) is 56.5 Å². The number of fused-ring (bicyclic) bond motifs is 1. The molecule has 0 saturated carbocycles. The van der Waals surface area contributed by atoms with Crippen molar-refractivity contribution in [3.05, 3.63) is 77.5 Å². The van der Waals surface area contributed by atoms with Gasteiger partial charge in [-0.25, -0.2) is 0 Å². The molecule has 240 valence electrons.